The molecule has 2 aliphatic rings. The fourth-order valence-electron chi connectivity index (χ4n) is 3.18. The van der Waals surface area contributed by atoms with Crippen LogP contribution >= 0.6 is 0 Å². The number of aromatic nitrogens is 1. The molecule has 2 fully saturated rings. The van der Waals surface area contributed by atoms with Crippen molar-refractivity contribution >= 4 is 17.8 Å². The maximum Gasteiger partial charge on any atom is 0.417 e. The summed E-state index contributed by atoms with van der Waals surface area (Å²) in [7, 11) is 0. The largest absolute Gasteiger partial charge is 0.449 e. The van der Waals surface area contributed by atoms with Crippen LogP contribution in [0.5, 0.6) is 0 Å². The number of carbonyl (C=O) groups is 2. The van der Waals surface area contributed by atoms with E-state index in [2.05, 4.69) is 10.3 Å². The summed E-state index contributed by atoms with van der Waals surface area (Å²) in [6.45, 7) is 2.72. The molecular formula is C17H21F3N4O3. The Labute approximate surface area is 154 Å². The van der Waals surface area contributed by atoms with Gasteiger partial charge in [-0.1, -0.05) is 0 Å². The Bertz CT molecular complexity index is 681. The van der Waals surface area contributed by atoms with Gasteiger partial charge in [0.1, 0.15) is 5.82 Å². The zero-order valence-corrected chi connectivity index (χ0v) is 14.7. The van der Waals surface area contributed by atoms with Crippen LogP contribution in [0.25, 0.3) is 0 Å². The lowest BCUT2D eigenvalue weighted by Gasteiger charge is -2.26. The first-order valence-electron chi connectivity index (χ1n) is 8.82. The first-order valence-corrected chi connectivity index (χ1v) is 8.82. The molecule has 0 radical (unpaired) electrons. The van der Waals surface area contributed by atoms with Gasteiger partial charge in [-0.2, -0.15) is 13.2 Å². The Morgan fingerprint density at radius 3 is 2.81 bits per heavy atom. The number of rotatable bonds is 5. The monoisotopic (exact) mass is 386 g/mol. The molecule has 0 bridgehead atoms. The van der Waals surface area contributed by atoms with Gasteiger partial charge in [0.05, 0.1) is 18.1 Å². The number of ether oxygens (including phenoxy) is 1. The number of hydrogen-bond acceptors (Lipinski definition) is 5. The standard InChI is InChI=1S/C17H21F3N4O3/c18-17(19,20)13-2-3-14(22-10-13)24-7-4-12(11-24)15(25)21-5-8-23-6-1-9-27-16(23)26/h2-3,10,12H,1,4-9,11H2,(H,21,25)/t12-/m0/s1. The third-order valence-electron chi connectivity index (χ3n) is 4.70. The van der Waals surface area contributed by atoms with Crippen LogP contribution in [-0.4, -0.2) is 61.2 Å². The number of hydrogen-bond donors (Lipinski definition) is 1. The molecule has 1 aromatic heterocycles. The third kappa shape index (κ3) is 4.81. The molecule has 3 heterocycles. The number of carbonyl (C=O) groups excluding carboxylic acids is 2. The van der Waals surface area contributed by atoms with Crippen LogP contribution in [-0.2, 0) is 15.7 Å². The van der Waals surface area contributed by atoms with Gasteiger partial charge in [0.25, 0.3) is 0 Å². The summed E-state index contributed by atoms with van der Waals surface area (Å²) < 4.78 is 42.7. The molecule has 0 aliphatic carbocycles. The number of pyridine rings is 1. The third-order valence-corrected chi connectivity index (χ3v) is 4.70. The van der Waals surface area contributed by atoms with E-state index in [-0.39, 0.29) is 17.9 Å². The molecule has 1 aromatic rings. The average molecular weight is 386 g/mol. The Morgan fingerprint density at radius 2 is 2.15 bits per heavy atom. The minimum atomic E-state index is -4.42. The van der Waals surface area contributed by atoms with Crippen LogP contribution in [0.15, 0.2) is 18.3 Å². The number of nitrogens with zero attached hydrogens (tertiary/aromatic N) is 3. The van der Waals surface area contributed by atoms with Gasteiger partial charge in [-0.3, -0.25) is 4.79 Å². The van der Waals surface area contributed by atoms with E-state index in [1.807, 2.05) is 0 Å². The SMILES string of the molecule is O=C(NCCN1CCCOC1=O)[C@H]1CCN(c2ccc(C(F)(F)F)cn2)C1. The van der Waals surface area contributed by atoms with Gasteiger partial charge in [0.15, 0.2) is 0 Å². The van der Waals surface area contributed by atoms with Crippen molar-refractivity contribution in [1.82, 2.24) is 15.2 Å². The molecule has 1 N–H and O–H groups in total. The van der Waals surface area contributed by atoms with E-state index in [4.69, 9.17) is 4.74 Å². The van der Waals surface area contributed by atoms with Crippen molar-refractivity contribution in [3.05, 3.63) is 23.9 Å². The summed E-state index contributed by atoms with van der Waals surface area (Å²) in [5.41, 5.74) is -0.795. The molecule has 7 nitrogen and oxygen atoms in total. The number of alkyl halides is 3. The van der Waals surface area contributed by atoms with Crippen molar-refractivity contribution in [1.29, 1.82) is 0 Å². The number of amides is 2. The van der Waals surface area contributed by atoms with Crippen molar-refractivity contribution in [3.8, 4) is 0 Å². The molecule has 0 unspecified atom stereocenters. The van der Waals surface area contributed by atoms with Gasteiger partial charge in [0.2, 0.25) is 5.91 Å². The number of halogens is 3. The van der Waals surface area contributed by atoms with Crippen LogP contribution in [0.1, 0.15) is 18.4 Å². The second-order valence-electron chi connectivity index (χ2n) is 6.58. The van der Waals surface area contributed by atoms with Crippen molar-refractivity contribution in [2.24, 2.45) is 5.92 Å². The number of cyclic esters (lactones) is 1. The topological polar surface area (TPSA) is 74.8 Å². The van der Waals surface area contributed by atoms with Crippen LogP contribution in [0.2, 0.25) is 0 Å². The second-order valence-corrected chi connectivity index (χ2v) is 6.58. The van der Waals surface area contributed by atoms with E-state index in [9.17, 15) is 22.8 Å². The summed E-state index contributed by atoms with van der Waals surface area (Å²) >= 11 is 0. The van der Waals surface area contributed by atoms with Gasteiger partial charge >= 0.3 is 12.3 Å². The highest BCUT2D eigenvalue weighted by Gasteiger charge is 2.32. The molecule has 2 amide bonds. The van der Waals surface area contributed by atoms with Gasteiger partial charge < -0.3 is 19.9 Å². The Kier molecular flexibility index (Phi) is 5.71. The first-order chi connectivity index (χ1) is 12.8. The van der Waals surface area contributed by atoms with Crippen LogP contribution in [0, 0.1) is 5.92 Å². The lowest BCUT2D eigenvalue weighted by atomic mass is 10.1. The van der Waals surface area contributed by atoms with Gasteiger partial charge in [-0.05, 0) is 25.0 Å². The molecule has 148 valence electrons. The molecule has 0 spiro atoms. The summed E-state index contributed by atoms with van der Waals surface area (Å²) in [6.07, 6.45) is -2.60. The minimum Gasteiger partial charge on any atom is -0.449 e. The van der Waals surface area contributed by atoms with E-state index < -0.39 is 11.7 Å². The quantitative estimate of drug-likeness (QED) is 0.837. The number of nitrogens with one attached hydrogen (secondary N) is 1. The molecule has 0 aromatic carbocycles. The molecule has 10 heteroatoms. The van der Waals surface area contributed by atoms with E-state index in [0.717, 1.165) is 18.7 Å². The molecule has 2 aliphatic heterocycles. The highest BCUT2D eigenvalue weighted by Crippen LogP contribution is 2.30. The first kappa shape index (κ1) is 19.2. The summed E-state index contributed by atoms with van der Waals surface area (Å²) in [5.74, 6) is 0.0338. The molecule has 1 atom stereocenters. The summed E-state index contributed by atoms with van der Waals surface area (Å²) in [4.78, 5) is 31.0. The molecular weight excluding hydrogens is 365 g/mol. The van der Waals surface area contributed by atoms with Crippen LogP contribution < -0.4 is 10.2 Å². The Morgan fingerprint density at radius 1 is 1.33 bits per heavy atom. The van der Waals surface area contributed by atoms with Crippen molar-refractivity contribution in [2.75, 3.05) is 44.2 Å². The predicted octanol–water partition coefficient (Wildman–Crippen LogP) is 1.89. The summed E-state index contributed by atoms with van der Waals surface area (Å²) in [5, 5.41) is 2.81. The van der Waals surface area contributed by atoms with Crippen molar-refractivity contribution < 1.29 is 27.5 Å². The maximum absolute atomic E-state index is 12.6. The highest BCUT2D eigenvalue weighted by atomic mass is 19.4. The highest BCUT2D eigenvalue weighted by molar-refractivity contribution is 5.80. The summed E-state index contributed by atoms with van der Waals surface area (Å²) in [6, 6.07) is 2.32. The molecule has 2 saturated heterocycles. The fraction of sp³-hybridized carbons (Fsp3) is 0.588. The van der Waals surface area contributed by atoms with Crippen molar-refractivity contribution in [3.63, 3.8) is 0 Å². The molecule has 27 heavy (non-hydrogen) atoms. The lowest BCUT2D eigenvalue weighted by molar-refractivity contribution is -0.137. The van der Waals surface area contributed by atoms with Gasteiger partial charge in [-0.25, -0.2) is 9.78 Å². The smallest absolute Gasteiger partial charge is 0.417 e. The zero-order chi connectivity index (χ0) is 19.4. The fourth-order valence-corrected chi connectivity index (χ4v) is 3.18. The van der Waals surface area contributed by atoms with Crippen LogP contribution in [0.3, 0.4) is 0 Å². The van der Waals surface area contributed by atoms with Crippen molar-refractivity contribution in [2.45, 2.75) is 19.0 Å². The normalized spacial score (nSPS) is 20.6. The van der Waals surface area contributed by atoms with E-state index in [1.165, 1.54) is 6.07 Å². The van der Waals surface area contributed by atoms with Gasteiger partial charge in [0, 0.05) is 38.9 Å². The predicted molar refractivity (Wildman–Crippen MR) is 90.1 cm³/mol. The maximum atomic E-state index is 12.6. The minimum absolute atomic E-state index is 0.130. The zero-order valence-electron chi connectivity index (χ0n) is 14.7. The Hall–Kier alpha value is -2.52. The molecule has 0 saturated carbocycles. The van der Waals surface area contributed by atoms with E-state index in [0.29, 0.717) is 51.6 Å². The number of anilines is 1. The lowest BCUT2D eigenvalue weighted by Crippen LogP contribution is -2.43. The van der Waals surface area contributed by atoms with E-state index >= 15 is 0 Å². The molecule has 3 rings (SSSR count). The Balaban J connectivity index is 1.46. The second kappa shape index (κ2) is 8.01. The van der Waals surface area contributed by atoms with Gasteiger partial charge in [-0.15, -0.1) is 0 Å². The van der Waals surface area contributed by atoms with Crippen LogP contribution in [0.4, 0.5) is 23.8 Å². The van der Waals surface area contributed by atoms with E-state index in [1.54, 1.807) is 9.80 Å². The average Bonchev–Trinajstić information content (AvgIpc) is 3.13.